The average Bonchev–Trinajstić information content (AvgIpc) is 3.86. The molecule has 0 aliphatic heterocycles. The third kappa shape index (κ3) is 4.40. The van der Waals surface area contributed by atoms with E-state index in [1.807, 2.05) is 59.1 Å². The number of thiophene rings is 2. The van der Waals surface area contributed by atoms with Crippen LogP contribution in [0.25, 0.3) is 102 Å². The molecule has 51 heavy (non-hydrogen) atoms. The zero-order chi connectivity index (χ0) is 33.5. The van der Waals surface area contributed by atoms with E-state index in [4.69, 9.17) is 15.0 Å². The smallest absolute Gasteiger partial charge is 0.165 e. The molecule has 0 radical (unpaired) electrons. The Morgan fingerprint density at radius 2 is 0.941 bits per heavy atom. The van der Waals surface area contributed by atoms with Crippen molar-refractivity contribution in [1.82, 2.24) is 19.5 Å². The summed E-state index contributed by atoms with van der Waals surface area (Å²) < 4.78 is 7.46. The van der Waals surface area contributed by atoms with Gasteiger partial charge in [0.15, 0.2) is 17.5 Å². The second-order valence-corrected chi connectivity index (χ2v) is 14.9. The highest BCUT2D eigenvalue weighted by Gasteiger charge is 2.20. The Morgan fingerprint density at radius 1 is 0.392 bits per heavy atom. The first-order valence-electron chi connectivity index (χ1n) is 16.9. The van der Waals surface area contributed by atoms with Crippen molar-refractivity contribution < 1.29 is 0 Å². The van der Waals surface area contributed by atoms with Gasteiger partial charge in [-0.05, 0) is 42.5 Å². The van der Waals surface area contributed by atoms with E-state index in [0.29, 0.717) is 17.5 Å². The second kappa shape index (κ2) is 11.2. The quantitative estimate of drug-likeness (QED) is 0.185. The van der Waals surface area contributed by atoms with E-state index in [1.54, 1.807) is 0 Å². The van der Waals surface area contributed by atoms with E-state index >= 15 is 0 Å². The molecule has 0 bridgehead atoms. The molecule has 0 amide bonds. The zero-order valence-corrected chi connectivity index (χ0v) is 28.7. The molecule has 4 nitrogen and oxygen atoms in total. The van der Waals surface area contributed by atoms with Gasteiger partial charge in [0.25, 0.3) is 0 Å². The summed E-state index contributed by atoms with van der Waals surface area (Å²) in [4.78, 5) is 15.1. The third-order valence-corrected chi connectivity index (χ3v) is 12.2. The maximum Gasteiger partial charge on any atom is 0.165 e. The Balaban J connectivity index is 1.15. The van der Waals surface area contributed by atoms with Crippen molar-refractivity contribution in [1.29, 1.82) is 0 Å². The van der Waals surface area contributed by atoms with Crippen LogP contribution in [0.5, 0.6) is 0 Å². The SMILES string of the molecule is c1ccc(-c2nc(-c3ccccc3)nc(-c3cccc4c3sc3cc5c(cc34)sc3cccc(-n4c6ccccc6c6ccccc64)c35)n2)cc1. The van der Waals surface area contributed by atoms with Gasteiger partial charge in [0.1, 0.15) is 0 Å². The Bertz CT molecular complexity index is 3030. The van der Waals surface area contributed by atoms with Crippen LogP contribution in [0.15, 0.2) is 158 Å². The molecule has 0 aliphatic carbocycles. The van der Waals surface area contributed by atoms with Crippen LogP contribution in [0.1, 0.15) is 0 Å². The Hall–Kier alpha value is -6.21. The summed E-state index contributed by atoms with van der Waals surface area (Å²) in [5.74, 6) is 2.02. The lowest BCUT2D eigenvalue weighted by Crippen LogP contribution is -2.00. The molecule has 0 spiro atoms. The molecule has 11 aromatic rings. The van der Waals surface area contributed by atoms with Crippen LogP contribution in [-0.2, 0) is 0 Å². The maximum absolute atomic E-state index is 5.08. The fourth-order valence-corrected chi connectivity index (χ4v) is 9.95. The van der Waals surface area contributed by atoms with Gasteiger partial charge in [-0.2, -0.15) is 0 Å². The van der Waals surface area contributed by atoms with Gasteiger partial charge >= 0.3 is 0 Å². The lowest BCUT2D eigenvalue weighted by molar-refractivity contribution is 1.08. The van der Waals surface area contributed by atoms with Crippen LogP contribution in [0, 0.1) is 0 Å². The van der Waals surface area contributed by atoms with Gasteiger partial charge in [-0.1, -0.05) is 115 Å². The van der Waals surface area contributed by atoms with Crippen molar-refractivity contribution in [2.75, 3.05) is 0 Å². The summed E-state index contributed by atoms with van der Waals surface area (Å²) in [6.45, 7) is 0. The minimum absolute atomic E-state index is 0.669. The number of hydrogen-bond acceptors (Lipinski definition) is 5. The zero-order valence-electron chi connectivity index (χ0n) is 27.1. The van der Waals surface area contributed by atoms with Crippen molar-refractivity contribution in [3.05, 3.63) is 158 Å². The lowest BCUT2D eigenvalue weighted by Gasteiger charge is -2.10. The number of benzene rings is 7. The number of nitrogens with zero attached hydrogens (tertiary/aromatic N) is 4. The van der Waals surface area contributed by atoms with E-state index in [-0.39, 0.29) is 0 Å². The summed E-state index contributed by atoms with van der Waals surface area (Å²) in [5, 5.41) is 7.60. The van der Waals surface area contributed by atoms with E-state index in [2.05, 4.69) is 126 Å². The predicted molar refractivity (Wildman–Crippen MR) is 216 cm³/mol. The third-order valence-electron chi connectivity index (χ3n) is 9.85. The summed E-state index contributed by atoms with van der Waals surface area (Å²) in [6, 6.07) is 55.9. The molecule has 0 atom stereocenters. The van der Waals surface area contributed by atoms with Gasteiger partial charge in [-0.25, -0.2) is 15.0 Å². The van der Waals surface area contributed by atoms with Crippen molar-refractivity contribution >= 4 is 84.8 Å². The van der Waals surface area contributed by atoms with E-state index in [1.165, 1.54) is 67.8 Å². The number of para-hydroxylation sites is 2. The topological polar surface area (TPSA) is 43.6 Å². The van der Waals surface area contributed by atoms with Crippen LogP contribution in [0.4, 0.5) is 0 Å². The molecule has 11 rings (SSSR count). The molecular formula is C45H26N4S2. The molecule has 4 heterocycles. The normalized spacial score (nSPS) is 11.9. The van der Waals surface area contributed by atoms with Gasteiger partial charge in [0.05, 0.1) is 16.7 Å². The molecule has 0 saturated heterocycles. The maximum atomic E-state index is 5.08. The molecule has 0 saturated carbocycles. The van der Waals surface area contributed by atoms with Crippen LogP contribution in [0.2, 0.25) is 0 Å². The van der Waals surface area contributed by atoms with Gasteiger partial charge < -0.3 is 4.57 Å². The molecule has 0 N–H and O–H groups in total. The van der Waals surface area contributed by atoms with Crippen LogP contribution in [0.3, 0.4) is 0 Å². The number of aromatic nitrogens is 4. The first-order valence-corrected chi connectivity index (χ1v) is 18.6. The van der Waals surface area contributed by atoms with Crippen molar-refractivity contribution in [2.24, 2.45) is 0 Å². The number of hydrogen-bond donors (Lipinski definition) is 0. The van der Waals surface area contributed by atoms with Crippen molar-refractivity contribution in [3.8, 4) is 39.9 Å². The molecular weight excluding hydrogens is 661 g/mol. The van der Waals surface area contributed by atoms with Gasteiger partial charge in [-0.15, -0.1) is 22.7 Å². The molecule has 0 aliphatic rings. The van der Waals surface area contributed by atoms with Crippen LogP contribution >= 0.6 is 22.7 Å². The highest BCUT2D eigenvalue weighted by Crippen LogP contribution is 2.46. The lowest BCUT2D eigenvalue weighted by atomic mass is 10.1. The van der Waals surface area contributed by atoms with Crippen molar-refractivity contribution in [2.45, 2.75) is 0 Å². The van der Waals surface area contributed by atoms with E-state index in [9.17, 15) is 0 Å². The molecule has 0 unspecified atom stereocenters. The largest absolute Gasteiger partial charge is 0.309 e. The van der Waals surface area contributed by atoms with Gasteiger partial charge in [-0.3, -0.25) is 0 Å². The first kappa shape index (κ1) is 28.6. The summed E-state index contributed by atoms with van der Waals surface area (Å²) in [5.41, 5.74) is 6.61. The number of fused-ring (bicyclic) bond motifs is 9. The minimum atomic E-state index is 0.669. The predicted octanol–water partition coefficient (Wildman–Crippen LogP) is 12.7. The molecule has 6 heteroatoms. The average molecular weight is 687 g/mol. The fraction of sp³-hybridized carbons (Fsp3) is 0. The van der Waals surface area contributed by atoms with Crippen LogP contribution < -0.4 is 0 Å². The van der Waals surface area contributed by atoms with E-state index in [0.717, 1.165) is 16.7 Å². The Kier molecular flexibility index (Phi) is 6.26. The highest BCUT2D eigenvalue weighted by atomic mass is 32.1. The highest BCUT2D eigenvalue weighted by molar-refractivity contribution is 7.27. The van der Waals surface area contributed by atoms with Gasteiger partial charge in [0.2, 0.25) is 0 Å². The van der Waals surface area contributed by atoms with Crippen LogP contribution in [-0.4, -0.2) is 19.5 Å². The monoisotopic (exact) mass is 686 g/mol. The Labute approximate surface area is 300 Å². The fourth-order valence-electron chi connectivity index (χ4n) is 7.57. The molecule has 0 fully saturated rings. The Morgan fingerprint density at radius 3 is 1.63 bits per heavy atom. The van der Waals surface area contributed by atoms with Crippen molar-refractivity contribution in [3.63, 3.8) is 0 Å². The molecule has 238 valence electrons. The minimum Gasteiger partial charge on any atom is -0.309 e. The second-order valence-electron chi connectivity index (χ2n) is 12.8. The molecule has 7 aromatic carbocycles. The molecule has 4 aromatic heterocycles. The van der Waals surface area contributed by atoms with Gasteiger partial charge in [0, 0.05) is 67.8 Å². The number of rotatable bonds is 4. The van der Waals surface area contributed by atoms with E-state index < -0.39 is 0 Å². The summed E-state index contributed by atoms with van der Waals surface area (Å²) in [6.07, 6.45) is 0. The summed E-state index contributed by atoms with van der Waals surface area (Å²) >= 11 is 3.69. The first-order chi connectivity index (χ1) is 25.3. The summed E-state index contributed by atoms with van der Waals surface area (Å²) in [7, 11) is 0. The standard InChI is InChI=1S/C45H26N4S2/c1-3-13-27(14-4-1)43-46-44(28-15-5-2-6-16-28)48-45(47-43)32-20-11-19-31-33-25-40-34(26-39(33)51-42(31)32)41-37(23-12-24-38(41)50-40)49-35-21-9-7-17-29(35)30-18-8-10-22-36(30)49/h1-26H.